The summed E-state index contributed by atoms with van der Waals surface area (Å²) in [6, 6.07) is 48.2. The van der Waals surface area contributed by atoms with E-state index in [1.54, 1.807) is 0 Å². The van der Waals surface area contributed by atoms with E-state index in [2.05, 4.69) is 133 Å². The molecule has 36 heavy (non-hydrogen) atoms. The number of benzene rings is 7. The van der Waals surface area contributed by atoms with Gasteiger partial charge in [-0.15, -0.1) is 0 Å². The second-order valence-electron chi connectivity index (χ2n) is 9.71. The fourth-order valence-corrected chi connectivity index (χ4v) is 6.22. The molecular weight excluding hydrogens is 432 g/mol. The highest BCUT2D eigenvalue weighted by atomic mass is 14.2. The Kier molecular flexibility index (Phi) is 4.03. The molecule has 0 saturated heterocycles. The van der Waals surface area contributed by atoms with Gasteiger partial charge in [-0.2, -0.15) is 0 Å². The van der Waals surface area contributed by atoms with Crippen molar-refractivity contribution in [1.82, 2.24) is 0 Å². The highest BCUT2D eigenvalue weighted by molar-refractivity contribution is 6.17. The van der Waals surface area contributed by atoms with E-state index in [1.165, 1.54) is 76.8 Å². The fourth-order valence-electron chi connectivity index (χ4n) is 6.22. The monoisotopic (exact) mass is 454 g/mol. The summed E-state index contributed by atoms with van der Waals surface area (Å²) in [5.74, 6) is 0. The smallest absolute Gasteiger partial charge is 0.00264 e. The van der Waals surface area contributed by atoms with Crippen LogP contribution in [-0.2, 0) is 0 Å². The molecular formula is C36H22. The van der Waals surface area contributed by atoms with Crippen molar-refractivity contribution in [2.75, 3.05) is 0 Å². The Hall–Kier alpha value is -4.68. The van der Waals surface area contributed by atoms with Gasteiger partial charge in [-0.3, -0.25) is 0 Å². The van der Waals surface area contributed by atoms with Crippen molar-refractivity contribution in [1.29, 1.82) is 0 Å². The molecule has 0 aromatic heterocycles. The van der Waals surface area contributed by atoms with Gasteiger partial charge in [0.15, 0.2) is 0 Å². The molecule has 2 aliphatic rings. The summed E-state index contributed by atoms with van der Waals surface area (Å²) >= 11 is 0. The van der Waals surface area contributed by atoms with Gasteiger partial charge in [0.2, 0.25) is 0 Å². The number of fused-ring (bicyclic) bond motifs is 7. The second kappa shape index (κ2) is 7.41. The summed E-state index contributed by atoms with van der Waals surface area (Å²) in [6.45, 7) is 0. The standard InChI is InChI=1S/C20H12.C16H10/c1-2-6-15-12-19-17-10-4-8-13-7-3-9-16(20(13)17)18(19)11-14(15)5-1;1-2-8-13-12(7-1)14-9-3-5-11-6-4-10-15(13)16(11)14/h1-12H;1-10H. The first-order valence-corrected chi connectivity index (χ1v) is 12.5. The van der Waals surface area contributed by atoms with Gasteiger partial charge in [0.25, 0.3) is 0 Å². The first-order valence-electron chi connectivity index (χ1n) is 12.5. The normalized spacial score (nSPS) is 11.9. The van der Waals surface area contributed by atoms with E-state index in [0.717, 1.165) is 0 Å². The van der Waals surface area contributed by atoms with Crippen LogP contribution < -0.4 is 0 Å². The first kappa shape index (κ1) is 19.6. The topological polar surface area (TPSA) is 0 Å². The van der Waals surface area contributed by atoms with Crippen molar-refractivity contribution < 1.29 is 0 Å². The van der Waals surface area contributed by atoms with Gasteiger partial charge in [0.05, 0.1) is 0 Å². The van der Waals surface area contributed by atoms with Crippen LogP contribution >= 0.6 is 0 Å². The van der Waals surface area contributed by atoms with Crippen LogP contribution in [0.15, 0.2) is 133 Å². The molecule has 0 radical (unpaired) electrons. The average Bonchev–Trinajstić information content (AvgIpc) is 3.44. The van der Waals surface area contributed by atoms with Crippen molar-refractivity contribution in [3.05, 3.63) is 133 Å². The lowest BCUT2D eigenvalue weighted by Crippen LogP contribution is -1.78. The van der Waals surface area contributed by atoms with Gasteiger partial charge in [-0.1, -0.05) is 121 Å². The molecule has 7 aromatic carbocycles. The van der Waals surface area contributed by atoms with Crippen LogP contribution in [0, 0.1) is 0 Å². The third-order valence-corrected chi connectivity index (χ3v) is 7.78. The molecule has 0 unspecified atom stereocenters. The van der Waals surface area contributed by atoms with Crippen molar-refractivity contribution in [2.24, 2.45) is 0 Å². The zero-order valence-corrected chi connectivity index (χ0v) is 19.7. The molecule has 166 valence electrons. The molecule has 0 amide bonds. The Morgan fingerprint density at radius 2 is 0.528 bits per heavy atom. The highest BCUT2D eigenvalue weighted by Gasteiger charge is 2.21. The van der Waals surface area contributed by atoms with Crippen LogP contribution in [0.4, 0.5) is 0 Å². The van der Waals surface area contributed by atoms with Crippen LogP contribution in [-0.4, -0.2) is 0 Å². The average molecular weight is 455 g/mol. The zero-order valence-electron chi connectivity index (χ0n) is 19.7. The van der Waals surface area contributed by atoms with Crippen molar-refractivity contribution in [3.63, 3.8) is 0 Å². The number of hydrogen-bond donors (Lipinski definition) is 0. The van der Waals surface area contributed by atoms with Gasteiger partial charge in [-0.05, 0) is 89.0 Å². The molecule has 0 fully saturated rings. The maximum Gasteiger partial charge on any atom is -0.00264 e. The molecule has 0 saturated carbocycles. The Labute approximate surface area is 210 Å². The predicted octanol–water partition coefficient (Wildman–Crippen LogP) is 10.1. The van der Waals surface area contributed by atoms with Crippen LogP contribution in [0.3, 0.4) is 0 Å². The molecule has 9 rings (SSSR count). The summed E-state index contributed by atoms with van der Waals surface area (Å²) in [7, 11) is 0. The Morgan fingerprint density at radius 3 is 0.944 bits per heavy atom. The molecule has 0 aliphatic heterocycles. The lowest BCUT2D eigenvalue weighted by Gasteiger charge is -2.05. The van der Waals surface area contributed by atoms with E-state index in [4.69, 9.17) is 0 Å². The summed E-state index contributed by atoms with van der Waals surface area (Å²) in [5, 5.41) is 8.12. The van der Waals surface area contributed by atoms with Crippen LogP contribution in [0.2, 0.25) is 0 Å². The molecule has 0 nitrogen and oxygen atoms in total. The first-order chi connectivity index (χ1) is 17.9. The minimum absolute atomic E-state index is 1.32. The summed E-state index contributed by atoms with van der Waals surface area (Å²) in [6.07, 6.45) is 0. The minimum Gasteiger partial charge on any atom is -0.0616 e. The van der Waals surface area contributed by atoms with E-state index >= 15 is 0 Å². The molecule has 0 N–H and O–H groups in total. The SMILES string of the molecule is c1ccc2c(c1)-c1cccc3cccc-2c13.c1ccc2cc3c(cc2c1)-c1cccc2cccc-3c12. The second-order valence-corrected chi connectivity index (χ2v) is 9.71. The van der Waals surface area contributed by atoms with Crippen LogP contribution in [0.25, 0.3) is 76.8 Å². The third-order valence-electron chi connectivity index (χ3n) is 7.78. The Morgan fingerprint density at radius 1 is 0.222 bits per heavy atom. The molecule has 0 heteroatoms. The molecule has 0 heterocycles. The van der Waals surface area contributed by atoms with Crippen LogP contribution in [0.1, 0.15) is 0 Å². The quantitative estimate of drug-likeness (QED) is 0.214. The Bertz CT molecular complexity index is 1860. The molecule has 0 spiro atoms. The Balaban J connectivity index is 0.000000117. The summed E-state index contributed by atoms with van der Waals surface area (Å²) < 4.78 is 0. The fraction of sp³-hybridized carbons (Fsp3) is 0. The van der Waals surface area contributed by atoms with Crippen molar-refractivity contribution in [3.8, 4) is 44.5 Å². The number of rotatable bonds is 0. The molecule has 0 atom stereocenters. The summed E-state index contributed by atoms with van der Waals surface area (Å²) in [5.41, 5.74) is 11.0. The van der Waals surface area contributed by atoms with Crippen molar-refractivity contribution in [2.45, 2.75) is 0 Å². The summed E-state index contributed by atoms with van der Waals surface area (Å²) in [4.78, 5) is 0. The molecule has 2 aliphatic carbocycles. The van der Waals surface area contributed by atoms with Gasteiger partial charge < -0.3 is 0 Å². The number of hydrogen-bond acceptors (Lipinski definition) is 0. The van der Waals surface area contributed by atoms with E-state index in [9.17, 15) is 0 Å². The third kappa shape index (κ3) is 2.70. The zero-order chi connectivity index (χ0) is 23.6. The lowest BCUT2D eigenvalue weighted by atomic mass is 9.99. The molecule has 0 bridgehead atoms. The highest BCUT2D eigenvalue weighted by Crippen LogP contribution is 2.48. The van der Waals surface area contributed by atoms with Gasteiger partial charge in [0.1, 0.15) is 0 Å². The minimum atomic E-state index is 1.32. The maximum absolute atomic E-state index is 2.33. The maximum atomic E-state index is 2.33. The van der Waals surface area contributed by atoms with E-state index in [1.807, 2.05) is 0 Å². The van der Waals surface area contributed by atoms with E-state index in [0.29, 0.717) is 0 Å². The van der Waals surface area contributed by atoms with E-state index < -0.39 is 0 Å². The largest absolute Gasteiger partial charge is 0.0616 e. The van der Waals surface area contributed by atoms with Gasteiger partial charge >= 0.3 is 0 Å². The molecule has 7 aromatic rings. The van der Waals surface area contributed by atoms with Crippen LogP contribution in [0.5, 0.6) is 0 Å². The van der Waals surface area contributed by atoms with Gasteiger partial charge in [-0.25, -0.2) is 0 Å². The van der Waals surface area contributed by atoms with Gasteiger partial charge in [0, 0.05) is 0 Å². The van der Waals surface area contributed by atoms with E-state index in [-0.39, 0.29) is 0 Å². The van der Waals surface area contributed by atoms with Crippen molar-refractivity contribution >= 4 is 32.3 Å². The lowest BCUT2D eigenvalue weighted by molar-refractivity contribution is 1.70. The predicted molar refractivity (Wildman–Crippen MR) is 154 cm³/mol.